The van der Waals surface area contributed by atoms with Gasteiger partial charge in [-0.3, -0.25) is 0 Å². The largest absolute Gasteiger partial charge is 0.343 e. The molecule has 12 rings (SSSR count). The average Bonchev–Trinajstić information content (AvgIpc) is 3.83. The Morgan fingerprint density at radius 3 is 1.63 bits per heavy atom. The molecule has 3 aromatic heterocycles. The van der Waals surface area contributed by atoms with E-state index < -0.39 is 0 Å². The fourth-order valence-electron chi connectivity index (χ4n) is 9.02. The van der Waals surface area contributed by atoms with Crippen molar-refractivity contribution in [1.29, 1.82) is 0 Å². The van der Waals surface area contributed by atoms with Crippen LogP contribution in [0.15, 0.2) is 188 Å². The second-order valence-corrected chi connectivity index (χ2v) is 16.3. The molecule has 0 aliphatic heterocycles. The first-order valence-electron chi connectivity index (χ1n) is 19.9. The summed E-state index contributed by atoms with van der Waals surface area (Å²) >= 11 is 1.85. The molecule has 0 spiro atoms. The molecule has 4 nitrogen and oxygen atoms in total. The molecule has 0 aliphatic carbocycles. The van der Waals surface area contributed by atoms with Crippen LogP contribution in [0.1, 0.15) is 0 Å². The Bertz CT molecular complexity index is 3610. The molecule has 0 saturated carbocycles. The molecule has 0 N–H and O–H groups in total. The van der Waals surface area contributed by atoms with Gasteiger partial charge < -0.3 is 4.57 Å². The van der Waals surface area contributed by atoms with Crippen molar-refractivity contribution < 1.29 is 0 Å². The molecule has 0 saturated heterocycles. The zero-order valence-corrected chi connectivity index (χ0v) is 32.9. The first kappa shape index (κ1) is 33.6. The third kappa shape index (κ3) is 5.39. The van der Waals surface area contributed by atoms with Crippen molar-refractivity contribution >= 4 is 74.9 Å². The van der Waals surface area contributed by atoms with Crippen LogP contribution in [0, 0.1) is 0 Å². The summed E-state index contributed by atoms with van der Waals surface area (Å²) in [5, 5.41) is 9.94. The number of rotatable bonds is 5. The SMILES string of the molecule is Cn1c2cc(-c3nc(-c4ccccc4)nc(-c4cc(-c5ccccc5)c5sc6cc(-c7ccccc7)ccc6c5c4)n3)ccc2c2c3ccccc3c3ccccc3c21. The van der Waals surface area contributed by atoms with E-state index in [4.69, 9.17) is 15.0 Å². The van der Waals surface area contributed by atoms with Crippen LogP contribution < -0.4 is 0 Å². The number of nitrogens with zero attached hydrogens (tertiary/aromatic N) is 4. The molecule has 12 aromatic rings. The van der Waals surface area contributed by atoms with Crippen LogP contribution in [0.2, 0.25) is 0 Å². The molecule has 0 aliphatic rings. The molecule has 5 heteroatoms. The highest BCUT2D eigenvalue weighted by atomic mass is 32.1. The Kier molecular flexibility index (Phi) is 7.59. The Balaban J connectivity index is 1.09. The second-order valence-electron chi connectivity index (χ2n) is 15.2. The first-order chi connectivity index (χ1) is 29.2. The molecule has 276 valence electrons. The molecule has 0 bridgehead atoms. The molecule has 0 fully saturated rings. The molecule has 3 heterocycles. The molecule has 0 unspecified atom stereocenters. The highest BCUT2D eigenvalue weighted by Crippen LogP contribution is 2.45. The maximum atomic E-state index is 5.32. The molecule has 0 atom stereocenters. The van der Waals surface area contributed by atoms with Gasteiger partial charge in [-0.15, -0.1) is 11.3 Å². The number of thiophene rings is 1. The predicted octanol–water partition coefficient (Wildman–Crippen LogP) is 14.5. The summed E-state index contributed by atoms with van der Waals surface area (Å²) < 4.78 is 4.84. The van der Waals surface area contributed by atoms with Gasteiger partial charge in [0.2, 0.25) is 0 Å². The van der Waals surface area contributed by atoms with E-state index in [1.807, 2.05) is 29.5 Å². The molecule has 9 aromatic carbocycles. The predicted molar refractivity (Wildman–Crippen MR) is 249 cm³/mol. The van der Waals surface area contributed by atoms with Gasteiger partial charge in [0.25, 0.3) is 0 Å². The zero-order valence-electron chi connectivity index (χ0n) is 32.1. The van der Waals surface area contributed by atoms with Crippen molar-refractivity contribution in [3.8, 4) is 56.4 Å². The third-order valence-corrected chi connectivity index (χ3v) is 13.0. The summed E-state index contributed by atoms with van der Waals surface area (Å²) in [7, 11) is 2.18. The zero-order chi connectivity index (χ0) is 39.0. The number of benzene rings is 9. The minimum atomic E-state index is 0.639. The van der Waals surface area contributed by atoms with Crippen molar-refractivity contribution in [1.82, 2.24) is 19.5 Å². The molecular formula is C54H34N4S. The van der Waals surface area contributed by atoms with Crippen molar-refractivity contribution in [2.24, 2.45) is 7.05 Å². The maximum Gasteiger partial charge on any atom is 0.164 e. The maximum absolute atomic E-state index is 5.32. The van der Waals surface area contributed by atoms with Crippen LogP contribution in [-0.2, 0) is 7.05 Å². The van der Waals surface area contributed by atoms with Crippen LogP contribution in [0.4, 0.5) is 0 Å². The number of hydrogen-bond donors (Lipinski definition) is 0. The summed E-state index contributed by atoms with van der Waals surface area (Å²) in [6, 6.07) is 67.1. The topological polar surface area (TPSA) is 43.6 Å². The van der Waals surface area contributed by atoms with Crippen molar-refractivity contribution in [2.45, 2.75) is 0 Å². The minimum Gasteiger partial charge on any atom is -0.343 e. The van der Waals surface area contributed by atoms with E-state index >= 15 is 0 Å². The lowest BCUT2D eigenvalue weighted by molar-refractivity contribution is 1.02. The summed E-state index contributed by atoms with van der Waals surface area (Å²) in [5.74, 6) is 1.92. The number of hydrogen-bond acceptors (Lipinski definition) is 4. The van der Waals surface area contributed by atoms with Gasteiger partial charge in [0.05, 0.1) is 5.52 Å². The lowest BCUT2D eigenvalue weighted by Gasteiger charge is -2.11. The smallest absolute Gasteiger partial charge is 0.164 e. The standard InChI is InChI=1S/C54H34N4S/c1-58-47-31-37(26-28-44(47)49-42-23-13-11-21-39(42)40-22-12-14-24-43(40)50(49)58)53-55-52(35-19-9-4-10-20-35)56-54(57-53)38-29-45(34-17-7-3-8-18-34)51-46(30-38)41-27-25-36(32-48(41)59-51)33-15-5-2-6-16-33/h2-32H,1H3. The molecule has 59 heavy (non-hydrogen) atoms. The second kappa shape index (κ2) is 13.3. The molecule has 0 radical (unpaired) electrons. The van der Waals surface area contributed by atoms with Gasteiger partial charge >= 0.3 is 0 Å². The minimum absolute atomic E-state index is 0.639. The van der Waals surface area contributed by atoms with Crippen LogP contribution in [-0.4, -0.2) is 19.5 Å². The Morgan fingerprint density at radius 1 is 0.373 bits per heavy atom. The summed E-state index contributed by atoms with van der Waals surface area (Å²) in [6.07, 6.45) is 0. The van der Waals surface area contributed by atoms with Gasteiger partial charge in [-0.1, -0.05) is 164 Å². The average molecular weight is 771 g/mol. The van der Waals surface area contributed by atoms with Crippen LogP contribution in [0.3, 0.4) is 0 Å². The quantitative estimate of drug-likeness (QED) is 0.164. The van der Waals surface area contributed by atoms with Gasteiger partial charge in [0.15, 0.2) is 17.5 Å². The fraction of sp³-hybridized carbons (Fsp3) is 0.0185. The van der Waals surface area contributed by atoms with Crippen molar-refractivity contribution in [3.63, 3.8) is 0 Å². The van der Waals surface area contributed by atoms with Crippen molar-refractivity contribution in [3.05, 3.63) is 188 Å². The van der Waals surface area contributed by atoms with E-state index in [0.29, 0.717) is 17.5 Å². The lowest BCUT2D eigenvalue weighted by Crippen LogP contribution is -2.00. The summed E-state index contributed by atoms with van der Waals surface area (Å²) in [6.45, 7) is 0. The van der Waals surface area contributed by atoms with E-state index in [9.17, 15) is 0 Å². The Hall–Kier alpha value is -7.47. The van der Waals surface area contributed by atoms with E-state index in [1.165, 1.54) is 74.7 Å². The van der Waals surface area contributed by atoms with Gasteiger partial charge in [-0.2, -0.15) is 0 Å². The highest BCUT2D eigenvalue weighted by Gasteiger charge is 2.20. The normalized spacial score (nSPS) is 11.8. The van der Waals surface area contributed by atoms with Crippen molar-refractivity contribution in [2.75, 3.05) is 0 Å². The fourth-order valence-corrected chi connectivity index (χ4v) is 10.3. The Labute approximate surface area is 344 Å². The van der Waals surface area contributed by atoms with Gasteiger partial charge in [-0.25, -0.2) is 15.0 Å². The van der Waals surface area contributed by atoms with Gasteiger partial charge in [0, 0.05) is 71.1 Å². The van der Waals surface area contributed by atoms with E-state index in [1.54, 1.807) is 0 Å². The van der Waals surface area contributed by atoms with E-state index in [2.05, 4.69) is 181 Å². The van der Waals surface area contributed by atoms with Crippen LogP contribution in [0.5, 0.6) is 0 Å². The molecule has 0 amide bonds. The number of fused-ring (bicyclic) bond motifs is 11. The highest BCUT2D eigenvalue weighted by molar-refractivity contribution is 7.26. The lowest BCUT2D eigenvalue weighted by atomic mass is 9.96. The first-order valence-corrected chi connectivity index (χ1v) is 20.7. The molecular weight excluding hydrogens is 737 g/mol. The third-order valence-electron chi connectivity index (χ3n) is 11.8. The van der Waals surface area contributed by atoms with Gasteiger partial charge in [0.1, 0.15) is 0 Å². The monoisotopic (exact) mass is 770 g/mol. The number of aryl methyl sites for hydroxylation is 1. The summed E-state index contributed by atoms with van der Waals surface area (Å²) in [4.78, 5) is 15.7. The van der Waals surface area contributed by atoms with Crippen LogP contribution >= 0.6 is 11.3 Å². The van der Waals surface area contributed by atoms with Crippen LogP contribution in [0.25, 0.3) is 120 Å². The van der Waals surface area contributed by atoms with E-state index in [-0.39, 0.29) is 0 Å². The summed E-state index contributed by atoms with van der Waals surface area (Å²) in [5.41, 5.74) is 9.95. The number of aromatic nitrogens is 4. The Morgan fingerprint density at radius 2 is 0.915 bits per heavy atom. The van der Waals surface area contributed by atoms with Gasteiger partial charge in [-0.05, 0) is 57.1 Å². The van der Waals surface area contributed by atoms with E-state index in [0.717, 1.165) is 27.8 Å².